The van der Waals surface area contributed by atoms with Gasteiger partial charge >= 0.3 is 0 Å². The summed E-state index contributed by atoms with van der Waals surface area (Å²) in [6, 6.07) is 7.39. The summed E-state index contributed by atoms with van der Waals surface area (Å²) in [6.07, 6.45) is 0.334. The van der Waals surface area contributed by atoms with Crippen molar-refractivity contribution in [2.75, 3.05) is 6.61 Å². The maximum Gasteiger partial charge on any atom is 0.240 e. The van der Waals surface area contributed by atoms with Crippen LogP contribution in [0.4, 0.5) is 0 Å². The highest BCUT2D eigenvalue weighted by atomic mass is 32.2. The minimum atomic E-state index is -3.71. The van der Waals surface area contributed by atoms with Crippen molar-refractivity contribution >= 4 is 10.0 Å². The highest BCUT2D eigenvalue weighted by Gasteiger charge is 2.29. The normalized spacial score (nSPS) is 13.8. The van der Waals surface area contributed by atoms with Gasteiger partial charge < -0.3 is 5.11 Å². The predicted molar refractivity (Wildman–Crippen MR) is 76.4 cm³/mol. The first kappa shape index (κ1) is 16.6. The van der Waals surface area contributed by atoms with Crippen molar-refractivity contribution in [3.05, 3.63) is 29.8 Å². The fourth-order valence-electron chi connectivity index (χ4n) is 1.79. The molecule has 1 atom stereocenters. The molecule has 0 aliphatic heterocycles. The number of nitrogens with one attached hydrogen (secondary N) is 1. The van der Waals surface area contributed by atoms with Crippen LogP contribution in [0.1, 0.15) is 32.8 Å². The molecule has 0 aromatic heterocycles. The van der Waals surface area contributed by atoms with Crippen LogP contribution in [0.3, 0.4) is 0 Å². The lowest BCUT2D eigenvalue weighted by molar-refractivity contribution is 0.214. The van der Waals surface area contributed by atoms with Crippen LogP contribution in [0.15, 0.2) is 29.2 Å². The maximum atomic E-state index is 12.3. The molecular formula is C14H20N2O3S. The van der Waals surface area contributed by atoms with E-state index in [9.17, 15) is 8.42 Å². The number of sulfonamides is 1. The van der Waals surface area contributed by atoms with E-state index in [2.05, 4.69) is 4.72 Å². The molecule has 0 bridgehead atoms. The van der Waals surface area contributed by atoms with Crippen molar-refractivity contribution < 1.29 is 13.5 Å². The van der Waals surface area contributed by atoms with Crippen LogP contribution in [0, 0.1) is 16.7 Å². The van der Waals surface area contributed by atoms with Gasteiger partial charge in [0.1, 0.15) is 0 Å². The molecule has 0 saturated heterocycles. The van der Waals surface area contributed by atoms with Gasteiger partial charge in [-0.15, -0.1) is 0 Å². The van der Waals surface area contributed by atoms with Gasteiger partial charge in [-0.3, -0.25) is 0 Å². The number of nitrogens with zero attached hydrogens (tertiary/aromatic N) is 1. The highest BCUT2D eigenvalue weighted by Crippen LogP contribution is 2.24. The third-order valence-corrected chi connectivity index (χ3v) is 4.50. The van der Waals surface area contributed by atoms with Crippen molar-refractivity contribution in [3.8, 4) is 6.07 Å². The quantitative estimate of drug-likeness (QED) is 0.864. The van der Waals surface area contributed by atoms with E-state index >= 15 is 0 Å². The molecule has 0 amide bonds. The van der Waals surface area contributed by atoms with E-state index in [0.717, 1.165) is 0 Å². The van der Waals surface area contributed by atoms with Gasteiger partial charge in [0.25, 0.3) is 0 Å². The number of aliphatic hydroxyl groups excluding tert-OH is 1. The zero-order chi connectivity index (χ0) is 15.4. The van der Waals surface area contributed by atoms with E-state index in [1.165, 1.54) is 18.2 Å². The van der Waals surface area contributed by atoms with Gasteiger partial charge in [0.05, 0.1) is 16.5 Å². The molecule has 2 N–H and O–H groups in total. The molecule has 0 spiro atoms. The molecule has 6 heteroatoms. The Morgan fingerprint density at radius 1 is 1.40 bits per heavy atom. The third-order valence-electron chi connectivity index (χ3n) is 3.03. The first-order valence-electron chi connectivity index (χ1n) is 6.34. The number of aliphatic hydroxyl groups is 1. The van der Waals surface area contributed by atoms with Crippen molar-refractivity contribution in [3.63, 3.8) is 0 Å². The first-order chi connectivity index (χ1) is 9.20. The van der Waals surface area contributed by atoms with Crippen LogP contribution in [0.25, 0.3) is 0 Å². The Morgan fingerprint density at radius 2 is 2.05 bits per heavy atom. The summed E-state index contributed by atoms with van der Waals surface area (Å²) in [5.41, 5.74) is -0.0230. The minimum absolute atomic E-state index is 0.0590. The summed E-state index contributed by atoms with van der Waals surface area (Å²) < 4.78 is 27.3. The molecule has 1 rings (SSSR count). The van der Waals surface area contributed by atoms with E-state index < -0.39 is 10.0 Å². The van der Waals surface area contributed by atoms with Gasteiger partial charge in [-0.05, 0) is 30.0 Å². The number of hydrogen-bond acceptors (Lipinski definition) is 4. The van der Waals surface area contributed by atoms with Crippen LogP contribution >= 0.6 is 0 Å². The Balaban J connectivity index is 3.07. The number of rotatable bonds is 5. The number of benzene rings is 1. The highest BCUT2D eigenvalue weighted by molar-refractivity contribution is 7.89. The lowest BCUT2D eigenvalue weighted by Crippen LogP contribution is -2.44. The predicted octanol–water partition coefficient (Wildman–Crippen LogP) is 1.63. The third kappa shape index (κ3) is 4.30. The Morgan fingerprint density at radius 3 is 2.55 bits per heavy atom. The summed E-state index contributed by atoms with van der Waals surface area (Å²) >= 11 is 0. The van der Waals surface area contributed by atoms with E-state index in [-0.39, 0.29) is 23.0 Å². The lowest BCUT2D eigenvalue weighted by atomic mass is 9.86. The molecule has 1 unspecified atom stereocenters. The number of hydrogen-bond donors (Lipinski definition) is 2. The zero-order valence-corrected chi connectivity index (χ0v) is 12.7. The molecule has 0 saturated carbocycles. The van der Waals surface area contributed by atoms with Crippen LogP contribution in [-0.2, 0) is 10.0 Å². The zero-order valence-electron chi connectivity index (χ0n) is 11.9. The second-order valence-electron chi connectivity index (χ2n) is 5.69. The van der Waals surface area contributed by atoms with Crippen molar-refractivity contribution in [2.45, 2.75) is 38.1 Å². The molecule has 1 aromatic carbocycles. The van der Waals surface area contributed by atoms with Crippen LogP contribution < -0.4 is 4.72 Å². The summed E-state index contributed by atoms with van der Waals surface area (Å²) in [7, 11) is -3.71. The number of nitriles is 1. The molecule has 110 valence electrons. The van der Waals surface area contributed by atoms with Crippen molar-refractivity contribution in [1.29, 1.82) is 5.26 Å². The second-order valence-corrected chi connectivity index (χ2v) is 7.41. The fourth-order valence-corrected chi connectivity index (χ4v) is 3.31. The van der Waals surface area contributed by atoms with Crippen molar-refractivity contribution in [1.82, 2.24) is 4.72 Å². The molecule has 1 aromatic rings. The Kier molecular flexibility index (Phi) is 5.28. The largest absolute Gasteiger partial charge is 0.396 e. The molecule has 0 aliphatic carbocycles. The molecule has 20 heavy (non-hydrogen) atoms. The van der Waals surface area contributed by atoms with Gasteiger partial charge in [-0.2, -0.15) is 5.26 Å². The monoisotopic (exact) mass is 296 g/mol. The minimum Gasteiger partial charge on any atom is -0.396 e. The van der Waals surface area contributed by atoms with Gasteiger partial charge in [-0.1, -0.05) is 26.8 Å². The summed E-state index contributed by atoms with van der Waals surface area (Å²) in [4.78, 5) is 0.0590. The SMILES string of the molecule is CC(C)(C)C(CCO)NS(=O)(=O)c1cccc(C#N)c1. The smallest absolute Gasteiger partial charge is 0.240 e. The van der Waals surface area contributed by atoms with Crippen LogP contribution in [0.2, 0.25) is 0 Å². The van der Waals surface area contributed by atoms with Crippen LogP contribution in [-0.4, -0.2) is 26.2 Å². The Labute approximate surface area is 120 Å². The summed E-state index contributed by atoms with van der Waals surface area (Å²) in [5, 5.41) is 17.9. The molecule has 0 fully saturated rings. The van der Waals surface area contributed by atoms with Crippen LogP contribution in [0.5, 0.6) is 0 Å². The van der Waals surface area contributed by atoms with Gasteiger partial charge in [-0.25, -0.2) is 13.1 Å². The maximum absolute atomic E-state index is 12.3. The summed E-state index contributed by atoms with van der Waals surface area (Å²) in [6.45, 7) is 5.62. The fraction of sp³-hybridized carbons (Fsp3) is 0.500. The van der Waals surface area contributed by atoms with Crippen molar-refractivity contribution in [2.24, 2.45) is 5.41 Å². The molecule has 0 heterocycles. The molecular weight excluding hydrogens is 276 g/mol. The Hall–Kier alpha value is -1.42. The second kappa shape index (κ2) is 6.35. The lowest BCUT2D eigenvalue weighted by Gasteiger charge is -2.30. The molecule has 0 aliphatic rings. The average molecular weight is 296 g/mol. The Bertz CT molecular complexity index is 598. The van der Waals surface area contributed by atoms with Gasteiger partial charge in [0, 0.05) is 12.6 Å². The molecule has 0 radical (unpaired) electrons. The topological polar surface area (TPSA) is 90.2 Å². The van der Waals surface area contributed by atoms with E-state index in [4.69, 9.17) is 10.4 Å². The van der Waals surface area contributed by atoms with E-state index in [1.807, 2.05) is 26.8 Å². The van der Waals surface area contributed by atoms with E-state index in [0.29, 0.717) is 12.0 Å². The first-order valence-corrected chi connectivity index (χ1v) is 7.82. The molecule has 5 nitrogen and oxygen atoms in total. The summed E-state index contributed by atoms with van der Waals surface area (Å²) in [5.74, 6) is 0. The average Bonchev–Trinajstić information content (AvgIpc) is 2.37. The standard InChI is InChI=1S/C14H20N2O3S/c1-14(2,3)13(7-8-17)16-20(18,19)12-6-4-5-11(9-12)10-15/h4-6,9,13,16-17H,7-8H2,1-3H3. The van der Waals surface area contributed by atoms with E-state index in [1.54, 1.807) is 6.07 Å². The van der Waals surface area contributed by atoms with Gasteiger partial charge in [0.15, 0.2) is 0 Å². The van der Waals surface area contributed by atoms with Gasteiger partial charge in [0.2, 0.25) is 10.0 Å².